The molecule has 1 rings (SSSR count). The third kappa shape index (κ3) is 5.08. The van der Waals surface area contributed by atoms with E-state index < -0.39 is 0 Å². The van der Waals surface area contributed by atoms with Gasteiger partial charge in [0.15, 0.2) is 0 Å². The highest BCUT2D eigenvalue weighted by Gasteiger charge is 2.02. The number of nitrogens with zero attached hydrogens (tertiary/aromatic N) is 1. The molecule has 3 nitrogen and oxygen atoms in total. The van der Waals surface area contributed by atoms with E-state index >= 15 is 0 Å². The van der Waals surface area contributed by atoms with E-state index in [0.29, 0.717) is 23.8 Å². The molecule has 0 aliphatic rings. The molecule has 0 aromatic heterocycles. The van der Waals surface area contributed by atoms with E-state index in [0.717, 1.165) is 24.9 Å². The maximum absolute atomic E-state index is 8.39. The van der Waals surface area contributed by atoms with Gasteiger partial charge in [-0.1, -0.05) is 17.7 Å². The van der Waals surface area contributed by atoms with Crippen LogP contribution in [0.1, 0.15) is 24.8 Å². The van der Waals surface area contributed by atoms with Crippen molar-refractivity contribution in [1.29, 1.82) is 5.26 Å². The van der Waals surface area contributed by atoms with E-state index in [1.165, 1.54) is 0 Å². The maximum Gasteiger partial charge on any atom is 0.137 e. The fourth-order valence-corrected chi connectivity index (χ4v) is 1.72. The predicted octanol–water partition coefficient (Wildman–Crippen LogP) is 3.13. The minimum absolute atomic E-state index is 0.582. The Morgan fingerprint density at radius 3 is 2.88 bits per heavy atom. The number of hydrogen-bond donors (Lipinski definition) is 1. The molecule has 0 fully saturated rings. The van der Waals surface area contributed by atoms with Crippen molar-refractivity contribution in [2.75, 3.05) is 13.7 Å². The first-order valence-electron chi connectivity index (χ1n) is 5.70. The average Bonchev–Trinajstić information content (AvgIpc) is 2.32. The fourth-order valence-electron chi connectivity index (χ4n) is 1.46. The topological polar surface area (TPSA) is 45.0 Å². The van der Waals surface area contributed by atoms with Crippen molar-refractivity contribution < 1.29 is 4.74 Å². The summed E-state index contributed by atoms with van der Waals surface area (Å²) >= 11 is 6.10. The monoisotopic (exact) mass is 252 g/mol. The molecule has 0 bridgehead atoms. The lowest BCUT2D eigenvalue weighted by Gasteiger charge is -2.09. The summed E-state index contributed by atoms with van der Waals surface area (Å²) in [5, 5.41) is 12.1. The highest BCUT2D eigenvalue weighted by Crippen LogP contribution is 2.25. The van der Waals surface area contributed by atoms with Crippen LogP contribution in [0.2, 0.25) is 5.02 Å². The van der Waals surface area contributed by atoms with E-state index in [1.807, 2.05) is 25.2 Å². The lowest BCUT2D eigenvalue weighted by Crippen LogP contribution is -2.05. The Hall–Kier alpha value is -1.24. The van der Waals surface area contributed by atoms with E-state index in [9.17, 15) is 0 Å². The van der Waals surface area contributed by atoms with Gasteiger partial charge in [-0.15, -0.1) is 0 Å². The third-order valence-electron chi connectivity index (χ3n) is 2.32. The molecule has 92 valence electrons. The quantitative estimate of drug-likeness (QED) is 0.759. The summed E-state index contributed by atoms with van der Waals surface area (Å²) in [6.45, 7) is 1.40. The zero-order chi connectivity index (χ0) is 12.5. The van der Waals surface area contributed by atoms with Crippen LogP contribution in [0.25, 0.3) is 0 Å². The number of nitriles is 1. The van der Waals surface area contributed by atoms with Crippen molar-refractivity contribution in [3.63, 3.8) is 0 Å². The second-order valence-electron chi connectivity index (χ2n) is 3.76. The Bertz CT molecular complexity index is 387. The second-order valence-corrected chi connectivity index (χ2v) is 4.17. The fraction of sp³-hybridized carbons (Fsp3) is 0.462. The number of hydrogen-bond acceptors (Lipinski definition) is 3. The second kappa shape index (κ2) is 7.94. The van der Waals surface area contributed by atoms with E-state index in [-0.39, 0.29) is 0 Å². The summed E-state index contributed by atoms with van der Waals surface area (Å²) in [4.78, 5) is 0. The van der Waals surface area contributed by atoms with Gasteiger partial charge in [-0.05, 0) is 37.6 Å². The first-order chi connectivity index (χ1) is 8.27. The van der Waals surface area contributed by atoms with Crippen LogP contribution in [0.5, 0.6) is 5.75 Å². The largest absolute Gasteiger partial charge is 0.492 e. The van der Waals surface area contributed by atoms with Crippen LogP contribution >= 0.6 is 11.6 Å². The van der Waals surface area contributed by atoms with Gasteiger partial charge in [0.25, 0.3) is 0 Å². The zero-order valence-corrected chi connectivity index (χ0v) is 10.8. The molecule has 0 radical (unpaired) electrons. The molecule has 0 heterocycles. The SMILES string of the molecule is CNCc1ccc(OCCCCC#N)c(Cl)c1. The van der Waals surface area contributed by atoms with Crippen LogP contribution < -0.4 is 10.1 Å². The Kier molecular flexibility index (Phi) is 6.46. The zero-order valence-electron chi connectivity index (χ0n) is 10.0. The molecule has 0 amide bonds. The van der Waals surface area contributed by atoms with Gasteiger partial charge in [0, 0.05) is 13.0 Å². The molecule has 17 heavy (non-hydrogen) atoms. The molecule has 0 saturated heterocycles. The van der Waals surface area contributed by atoms with Crippen molar-refractivity contribution in [1.82, 2.24) is 5.32 Å². The van der Waals surface area contributed by atoms with Crippen molar-refractivity contribution in [2.24, 2.45) is 0 Å². The molecule has 4 heteroatoms. The standard InChI is InChI=1S/C13H17ClN2O/c1-16-10-11-5-6-13(12(14)9-11)17-8-4-2-3-7-15/h5-6,9,16H,2-4,8,10H2,1H3. The highest BCUT2D eigenvalue weighted by atomic mass is 35.5. The first kappa shape index (κ1) is 13.8. The Labute approximate surface area is 107 Å². The van der Waals surface area contributed by atoms with Crippen LogP contribution in [0.15, 0.2) is 18.2 Å². The maximum atomic E-state index is 8.39. The molecule has 1 aromatic rings. The molecule has 0 atom stereocenters. The Morgan fingerprint density at radius 2 is 2.24 bits per heavy atom. The molecular formula is C13H17ClN2O. The number of benzene rings is 1. The number of ether oxygens (including phenoxy) is 1. The number of unbranched alkanes of at least 4 members (excludes halogenated alkanes) is 2. The lowest BCUT2D eigenvalue weighted by atomic mass is 10.2. The molecule has 0 saturated carbocycles. The van der Waals surface area contributed by atoms with E-state index in [2.05, 4.69) is 11.4 Å². The Balaban J connectivity index is 2.41. The summed E-state index contributed by atoms with van der Waals surface area (Å²) in [5.41, 5.74) is 1.13. The Morgan fingerprint density at radius 1 is 1.41 bits per heavy atom. The van der Waals surface area contributed by atoms with Crippen LogP contribution in [0, 0.1) is 11.3 Å². The summed E-state index contributed by atoms with van der Waals surface area (Å²) < 4.78 is 5.55. The van der Waals surface area contributed by atoms with Crippen molar-refractivity contribution in [2.45, 2.75) is 25.8 Å². The van der Waals surface area contributed by atoms with Crippen molar-refractivity contribution in [3.05, 3.63) is 28.8 Å². The smallest absolute Gasteiger partial charge is 0.137 e. The first-order valence-corrected chi connectivity index (χ1v) is 6.08. The average molecular weight is 253 g/mol. The minimum atomic E-state index is 0.582. The van der Waals surface area contributed by atoms with Gasteiger partial charge in [-0.25, -0.2) is 0 Å². The number of rotatable bonds is 7. The molecule has 1 N–H and O–H groups in total. The van der Waals surface area contributed by atoms with Gasteiger partial charge in [0.05, 0.1) is 17.7 Å². The number of nitrogens with one attached hydrogen (secondary N) is 1. The van der Waals surface area contributed by atoms with Crippen molar-refractivity contribution >= 4 is 11.6 Å². The summed E-state index contributed by atoms with van der Waals surface area (Å²) in [5.74, 6) is 0.712. The van der Waals surface area contributed by atoms with E-state index in [1.54, 1.807) is 0 Å². The van der Waals surface area contributed by atoms with Gasteiger partial charge in [0.1, 0.15) is 5.75 Å². The molecule has 0 spiro atoms. The molecule has 0 unspecified atom stereocenters. The van der Waals surface area contributed by atoms with Gasteiger partial charge in [-0.3, -0.25) is 0 Å². The van der Waals surface area contributed by atoms with Crippen LogP contribution in [0.3, 0.4) is 0 Å². The highest BCUT2D eigenvalue weighted by molar-refractivity contribution is 6.32. The molecule has 1 aromatic carbocycles. The lowest BCUT2D eigenvalue weighted by molar-refractivity contribution is 0.307. The normalized spacial score (nSPS) is 9.94. The summed E-state index contributed by atoms with van der Waals surface area (Å²) in [6.07, 6.45) is 2.33. The van der Waals surface area contributed by atoms with E-state index in [4.69, 9.17) is 21.6 Å². The summed E-state index contributed by atoms with van der Waals surface area (Å²) in [7, 11) is 1.90. The summed E-state index contributed by atoms with van der Waals surface area (Å²) in [6, 6.07) is 7.90. The van der Waals surface area contributed by atoms with Gasteiger partial charge in [0.2, 0.25) is 0 Å². The van der Waals surface area contributed by atoms with Crippen LogP contribution in [0.4, 0.5) is 0 Å². The molecule has 0 aliphatic heterocycles. The third-order valence-corrected chi connectivity index (χ3v) is 2.61. The predicted molar refractivity (Wildman–Crippen MR) is 69.2 cm³/mol. The van der Waals surface area contributed by atoms with Gasteiger partial charge >= 0.3 is 0 Å². The van der Waals surface area contributed by atoms with Crippen molar-refractivity contribution in [3.8, 4) is 11.8 Å². The number of halogens is 1. The van der Waals surface area contributed by atoms with Crippen LogP contribution in [-0.4, -0.2) is 13.7 Å². The molecule has 0 aliphatic carbocycles. The van der Waals surface area contributed by atoms with Gasteiger partial charge < -0.3 is 10.1 Å². The van der Waals surface area contributed by atoms with Gasteiger partial charge in [-0.2, -0.15) is 5.26 Å². The van der Waals surface area contributed by atoms with Crippen LogP contribution in [-0.2, 0) is 6.54 Å². The minimum Gasteiger partial charge on any atom is -0.492 e. The molecular weight excluding hydrogens is 236 g/mol.